The lowest BCUT2D eigenvalue weighted by atomic mass is 10.0. The van der Waals surface area contributed by atoms with Gasteiger partial charge in [-0.3, -0.25) is 0 Å². The molecule has 186 valence electrons. The molecular formula is C36H25BrN2. The Hall–Kier alpha value is -4.60. The minimum absolute atomic E-state index is 1.11. The summed E-state index contributed by atoms with van der Waals surface area (Å²) >= 11 is 3.79. The van der Waals surface area contributed by atoms with Crippen LogP contribution in [0.5, 0.6) is 0 Å². The highest BCUT2D eigenvalue weighted by atomic mass is 79.9. The van der Waals surface area contributed by atoms with Gasteiger partial charge in [0, 0.05) is 38.0 Å². The zero-order valence-electron chi connectivity index (χ0n) is 21.2. The molecule has 0 spiro atoms. The number of hydrogen-bond acceptors (Lipinski definition) is 1. The van der Waals surface area contributed by atoms with E-state index in [2.05, 4.69) is 177 Å². The van der Waals surface area contributed by atoms with E-state index < -0.39 is 0 Å². The number of hydrogen-bond donors (Lipinski definition) is 0. The first-order valence-corrected chi connectivity index (χ1v) is 13.9. The van der Waals surface area contributed by atoms with Gasteiger partial charge >= 0.3 is 0 Å². The summed E-state index contributed by atoms with van der Waals surface area (Å²) < 4.78 is 3.46. The fraction of sp³-hybridized carbons (Fsp3) is 0. The minimum atomic E-state index is 1.11. The molecule has 0 aliphatic rings. The molecule has 0 unspecified atom stereocenters. The maximum Gasteiger partial charge on any atom is 0.0552 e. The first kappa shape index (κ1) is 23.5. The number of para-hydroxylation sites is 2. The van der Waals surface area contributed by atoms with E-state index >= 15 is 0 Å². The van der Waals surface area contributed by atoms with Crippen molar-refractivity contribution in [3.8, 4) is 16.8 Å². The van der Waals surface area contributed by atoms with E-state index in [1.807, 2.05) is 0 Å². The van der Waals surface area contributed by atoms with Crippen molar-refractivity contribution in [1.82, 2.24) is 4.57 Å². The van der Waals surface area contributed by atoms with E-state index in [4.69, 9.17) is 0 Å². The van der Waals surface area contributed by atoms with Crippen LogP contribution in [0.4, 0.5) is 17.1 Å². The maximum atomic E-state index is 3.79. The number of aromatic nitrogens is 1. The number of rotatable bonds is 5. The first-order chi connectivity index (χ1) is 19.3. The highest BCUT2D eigenvalue weighted by Gasteiger charge is 2.16. The molecule has 2 nitrogen and oxygen atoms in total. The van der Waals surface area contributed by atoms with E-state index in [0.29, 0.717) is 0 Å². The third-order valence-corrected chi connectivity index (χ3v) is 7.92. The van der Waals surface area contributed by atoms with Gasteiger partial charge < -0.3 is 9.47 Å². The standard InChI is InChI=1S/C36H25BrN2/c37-33-15-9-17-35-36(33)32-14-7-8-16-34(32)39(35)31-24-22-30(23-25-31)38(28-12-5-2-6-13-28)29-20-18-27(19-21-29)26-10-3-1-4-11-26/h1-25H. The van der Waals surface area contributed by atoms with Crippen molar-refractivity contribution in [2.75, 3.05) is 4.90 Å². The predicted octanol–water partition coefficient (Wildman–Crippen LogP) is 10.7. The van der Waals surface area contributed by atoms with Gasteiger partial charge in [-0.15, -0.1) is 0 Å². The number of halogens is 1. The molecule has 0 saturated heterocycles. The van der Waals surface area contributed by atoms with Gasteiger partial charge in [-0.25, -0.2) is 0 Å². The van der Waals surface area contributed by atoms with Gasteiger partial charge in [-0.05, 0) is 77.9 Å². The molecule has 7 rings (SSSR count). The molecule has 0 fully saturated rings. The SMILES string of the molecule is Brc1cccc2c1c1ccccc1n2-c1ccc(N(c2ccccc2)c2ccc(-c3ccccc3)cc2)cc1. The summed E-state index contributed by atoms with van der Waals surface area (Å²) in [6.07, 6.45) is 0. The summed E-state index contributed by atoms with van der Waals surface area (Å²) in [6.45, 7) is 0. The predicted molar refractivity (Wildman–Crippen MR) is 169 cm³/mol. The van der Waals surface area contributed by atoms with E-state index in [9.17, 15) is 0 Å². The lowest BCUT2D eigenvalue weighted by Crippen LogP contribution is -2.10. The normalized spacial score (nSPS) is 11.2. The van der Waals surface area contributed by atoms with Crippen LogP contribution in [-0.4, -0.2) is 4.57 Å². The Morgan fingerprint density at radius 2 is 0.974 bits per heavy atom. The van der Waals surface area contributed by atoms with Crippen LogP contribution in [0.1, 0.15) is 0 Å². The zero-order valence-corrected chi connectivity index (χ0v) is 22.8. The Kier molecular flexibility index (Phi) is 5.99. The Morgan fingerprint density at radius 3 is 1.69 bits per heavy atom. The lowest BCUT2D eigenvalue weighted by molar-refractivity contribution is 1.17. The molecule has 1 heterocycles. The average Bonchev–Trinajstić information content (AvgIpc) is 3.35. The topological polar surface area (TPSA) is 8.17 Å². The van der Waals surface area contributed by atoms with Gasteiger partial charge in [0.05, 0.1) is 11.0 Å². The molecule has 0 radical (unpaired) electrons. The van der Waals surface area contributed by atoms with E-state index in [1.54, 1.807) is 0 Å². The monoisotopic (exact) mass is 564 g/mol. The van der Waals surface area contributed by atoms with Crippen LogP contribution in [-0.2, 0) is 0 Å². The quantitative estimate of drug-likeness (QED) is 0.202. The second-order valence-corrected chi connectivity index (χ2v) is 10.4. The average molecular weight is 566 g/mol. The number of anilines is 3. The van der Waals surface area contributed by atoms with Gasteiger partial charge in [-0.1, -0.05) is 101 Å². The lowest BCUT2D eigenvalue weighted by Gasteiger charge is -2.26. The van der Waals surface area contributed by atoms with Crippen LogP contribution in [0.2, 0.25) is 0 Å². The number of nitrogens with zero attached hydrogens (tertiary/aromatic N) is 2. The van der Waals surface area contributed by atoms with Gasteiger partial charge in [-0.2, -0.15) is 0 Å². The minimum Gasteiger partial charge on any atom is -0.311 e. The maximum absolute atomic E-state index is 3.79. The third kappa shape index (κ3) is 4.21. The van der Waals surface area contributed by atoms with Gasteiger partial charge in [0.2, 0.25) is 0 Å². The summed E-state index contributed by atoms with van der Waals surface area (Å²) in [4.78, 5) is 2.31. The highest BCUT2D eigenvalue weighted by molar-refractivity contribution is 9.10. The molecule has 0 N–H and O–H groups in total. The molecule has 7 aromatic rings. The Labute approximate surface area is 236 Å². The summed E-state index contributed by atoms with van der Waals surface area (Å²) in [5.41, 5.74) is 9.30. The van der Waals surface area contributed by atoms with Crippen LogP contribution in [0.15, 0.2) is 156 Å². The Bertz CT molecular complexity index is 1890. The van der Waals surface area contributed by atoms with Crippen LogP contribution < -0.4 is 4.90 Å². The Morgan fingerprint density at radius 1 is 0.436 bits per heavy atom. The molecule has 0 aliphatic carbocycles. The van der Waals surface area contributed by atoms with Crippen LogP contribution in [0.3, 0.4) is 0 Å². The fourth-order valence-electron chi connectivity index (χ4n) is 5.46. The number of benzene rings is 6. The molecule has 3 heteroatoms. The summed E-state index contributed by atoms with van der Waals surface area (Å²) in [5, 5.41) is 2.48. The largest absolute Gasteiger partial charge is 0.311 e. The molecular weight excluding hydrogens is 540 g/mol. The molecule has 0 bridgehead atoms. The van der Waals surface area contributed by atoms with Crippen molar-refractivity contribution in [2.45, 2.75) is 0 Å². The van der Waals surface area contributed by atoms with Crippen LogP contribution in [0, 0.1) is 0 Å². The highest BCUT2D eigenvalue weighted by Crippen LogP contribution is 2.39. The van der Waals surface area contributed by atoms with E-state index in [1.165, 1.54) is 32.9 Å². The second kappa shape index (κ2) is 9.94. The summed E-state index contributed by atoms with van der Waals surface area (Å²) in [5.74, 6) is 0. The van der Waals surface area contributed by atoms with Crippen molar-refractivity contribution in [1.29, 1.82) is 0 Å². The first-order valence-electron chi connectivity index (χ1n) is 13.1. The second-order valence-electron chi connectivity index (χ2n) is 9.59. The van der Waals surface area contributed by atoms with Crippen molar-refractivity contribution >= 4 is 54.8 Å². The molecule has 0 atom stereocenters. The summed E-state index contributed by atoms with van der Waals surface area (Å²) in [7, 11) is 0. The number of fused-ring (bicyclic) bond motifs is 3. The van der Waals surface area contributed by atoms with Gasteiger partial charge in [0.1, 0.15) is 0 Å². The van der Waals surface area contributed by atoms with Gasteiger partial charge in [0.15, 0.2) is 0 Å². The van der Waals surface area contributed by atoms with E-state index in [-0.39, 0.29) is 0 Å². The third-order valence-electron chi connectivity index (χ3n) is 7.26. The molecule has 0 aliphatic heterocycles. The molecule has 1 aromatic heterocycles. The van der Waals surface area contributed by atoms with Crippen LogP contribution >= 0.6 is 15.9 Å². The van der Waals surface area contributed by atoms with Crippen LogP contribution in [0.25, 0.3) is 38.6 Å². The van der Waals surface area contributed by atoms with Crippen molar-refractivity contribution in [3.63, 3.8) is 0 Å². The molecule has 0 saturated carbocycles. The molecule has 0 amide bonds. The smallest absolute Gasteiger partial charge is 0.0552 e. The summed E-state index contributed by atoms with van der Waals surface area (Å²) in [6, 6.07) is 53.7. The molecule has 6 aromatic carbocycles. The van der Waals surface area contributed by atoms with Crippen molar-refractivity contribution in [3.05, 3.63) is 156 Å². The van der Waals surface area contributed by atoms with E-state index in [0.717, 1.165) is 27.2 Å². The molecule has 39 heavy (non-hydrogen) atoms. The van der Waals surface area contributed by atoms with Crippen molar-refractivity contribution in [2.24, 2.45) is 0 Å². The van der Waals surface area contributed by atoms with Gasteiger partial charge in [0.25, 0.3) is 0 Å². The van der Waals surface area contributed by atoms with Crippen molar-refractivity contribution < 1.29 is 0 Å². The Balaban J connectivity index is 1.33. The fourth-order valence-corrected chi connectivity index (χ4v) is 6.03. The zero-order chi connectivity index (χ0) is 26.2.